The second kappa shape index (κ2) is 10.3. The van der Waals surface area contributed by atoms with Crippen molar-refractivity contribution in [3.63, 3.8) is 0 Å². The molecule has 2 aromatic heterocycles. The Morgan fingerprint density at radius 1 is 1.12 bits per heavy atom. The number of carbonyl (C=O) groups is 1. The van der Waals surface area contributed by atoms with E-state index in [-0.39, 0.29) is 12.1 Å². The SMILES string of the molecule is CC(C)(C)OC(=O)N1CCC(Cc2cncc(-c3cnc(Oc4cccc(Cl)c4)nc3)n2)CC1. The number of ether oxygens (including phenoxy) is 2. The van der Waals surface area contributed by atoms with Crippen LogP contribution in [0.5, 0.6) is 11.8 Å². The van der Waals surface area contributed by atoms with Gasteiger partial charge >= 0.3 is 12.1 Å². The average Bonchev–Trinajstić information content (AvgIpc) is 2.79. The Bertz CT molecular complexity index is 1130. The Morgan fingerprint density at radius 2 is 1.85 bits per heavy atom. The zero-order valence-corrected chi connectivity index (χ0v) is 20.3. The molecule has 0 N–H and O–H groups in total. The molecule has 3 aromatic rings. The van der Waals surface area contributed by atoms with Gasteiger partial charge in [0.05, 0.1) is 17.6 Å². The maximum atomic E-state index is 12.3. The summed E-state index contributed by atoms with van der Waals surface area (Å²) in [5.74, 6) is 1.01. The van der Waals surface area contributed by atoms with Crippen LogP contribution in [0.15, 0.2) is 49.1 Å². The number of piperidine rings is 1. The fourth-order valence-electron chi connectivity index (χ4n) is 3.72. The van der Waals surface area contributed by atoms with Gasteiger partial charge in [0.1, 0.15) is 11.4 Å². The number of carbonyl (C=O) groups excluding carboxylic acids is 1. The third-order valence-corrected chi connectivity index (χ3v) is 5.61. The molecule has 178 valence electrons. The number of benzene rings is 1. The number of likely N-dealkylation sites (tertiary alicyclic amines) is 1. The van der Waals surface area contributed by atoms with E-state index in [1.54, 1.807) is 54.0 Å². The Morgan fingerprint density at radius 3 is 2.53 bits per heavy atom. The molecule has 34 heavy (non-hydrogen) atoms. The Kier molecular flexibility index (Phi) is 7.26. The zero-order valence-electron chi connectivity index (χ0n) is 19.6. The number of hydrogen-bond donors (Lipinski definition) is 0. The van der Waals surface area contributed by atoms with Gasteiger partial charge in [-0.2, -0.15) is 0 Å². The maximum Gasteiger partial charge on any atom is 0.410 e. The van der Waals surface area contributed by atoms with Crippen LogP contribution < -0.4 is 4.74 Å². The highest BCUT2D eigenvalue weighted by molar-refractivity contribution is 6.30. The van der Waals surface area contributed by atoms with Crippen LogP contribution in [0, 0.1) is 5.92 Å². The van der Waals surface area contributed by atoms with E-state index >= 15 is 0 Å². The number of rotatable bonds is 5. The summed E-state index contributed by atoms with van der Waals surface area (Å²) < 4.78 is 11.1. The standard InChI is InChI=1S/C25H28ClN5O3/c1-25(2,3)34-24(32)31-9-7-17(8-10-31)11-20-15-27-16-22(30-20)18-13-28-23(29-14-18)33-21-6-4-5-19(26)12-21/h4-6,12-17H,7-11H2,1-3H3. The molecular weight excluding hydrogens is 454 g/mol. The summed E-state index contributed by atoms with van der Waals surface area (Å²) in [4.78, 5) is 31.7. The van der Waals surface area contributed by atoms with Gasteiger partial charge in [-0.3, -0.25) is 4.98 Å². The summed E-state index contributed by atoms with van der Waals surface area (Å²) in [5, 5.41) is 0.580. The van der Waals surface area contributed by atoms with Crippen molar-refractivity contribution in [1.29, 1.82) is 0 Å². The zero-order chi connectivity index (χ0) is 24.1. The maximum absolute atomic E-state index is 12.3. The van der Waals surface area contributed by atoms with Gasteiger partial charge in [-0.05, 0) is 64.2 Å². The fourth-order valence-corrected chi connectivity index (χ4v) is 3.90. The number of aromatic nitrogens is 4. The summed E-state index contributed by atoms with van der Waals surface area (Å²) >= 11 is 5.99. The van der Waals surface area contributed by atoms with Crippen LogP contribution >= 0.6 is 11.6 Å². The first-order chi connectivity index (χ1) is 16.2. The fraction of sp³-hybridized carbons (Fsp3) is 0.400. The molecule has 0 radical (unpaired) electrons. The normalized spacial score (nSPS) is 14.6. The molecule has 1 aromatic carbocycles. The quantitative estimate of drug-likeness (QED) is 0.470. The molecule has 8 nitrogen and oxygen atoms in total. The minimum Gasteiger partial charge on any atom is -0.444 e. The lowest BCUT2D eigenvalue weighted by Gasteiger charge is -2.33. The molecule has 0 bridgehead atoms. The molecule has 1 fully saturated rings. The molecule has 1 saturated heterocycles. The number of amides is 1. The van der Waals surface area contributed by atoms with Gasteiger partial charge in [0.15, 0.2) is 0 Å². The highest BCUT2D eigenvalue weighted by Crippen LogP contribution is 2.25. The van der Waals surface area contributed by atoms with Gasteiger partial charge in [-0.25, -0.2) is 19.7 Å². The van der Waals surface area contributed by atoms with E-state index in [0.29, 0.717) is 35.5 Å². The van der Waals surface area contributed by atoms with Crippen LogP contribution in [-0.2, 0) is 11.2 Å². The summed E-state index contributed by atoms with van der Waals surface area (Å²) in [6, 6.07) is 7.29. The number of halogens is 1. The third kappa shape index (κ3) is 6.63. The predicted octanol–water partition coefficient (Wildman–Crippen LogP) is 5.57. The lowest BCUT2D eigenvalue weighted by atomic mass is 9.92. The molecule has 1 aliphatic rings. The number of nitrogens with zero attached hydrogens (tertiary/aromatic N) is 5. The van der Waals surface area contributed by atoms with Crippen molar-refractivity contribution in [2.24, 2.45) is 5.92 Å². The molecule has 3 heterocycles. The topological polar surface area (TPSA) is 90.3 Å². The smallest absolute Gasteiger partial charge is 0.410 e. The summed E-state index contributed by atoms with van der Waals surface area (Å²) in [5.41, 5.74) is 1.89. The molecule has 1 aliphatic heterocycles. The first-order valence-electron chi connectivity index (χ1n) is 11.3. The van der Waals surface area contributed by atoms with Gasteiger partial charge in [-0.1, -0.05) is 17.7 Å². The van der Waals surface area contributed by atoms with Crippen molar-refractivity contribution < 1.29 is 14.3 Å². The monoisotopic (exact) mass is 481 g/mol. The van der Waals surface area contributed by atoms with Crippen LogP contribution in [0.4, 0.5) is 4.79 Å². The lowest BCUT2D eigenvalue weighted by Crippen LogP contribution is -2.42. The largest absolute Gasteiger partial charge is 0.444 e. The molecule has 0 atom stereocenters. The highest BCUT2D eigenvalue weighted by Gasteiger charge is 2.27. The van der Waals surface area contributed by atoms with E-state index in [1.165, 1.54) is 0 Å². The van der Waals surface area contributed by atoms with E-state index in [4.69, 9.17) is 26.1 Å². The Labute approximate surface area is 204 Å². The second-order valence-corrected chi connectivity index (χ2v) is 9.76. The van der Waals surface area contributed by atoms with Gasteiger partial charge in [0.2, 0.25) is 0 Å². The Balaban J connectivity index is 1.34. The van der Waals surface area contributed by atoms with Crippen molar-refractivity contribution in [2.75, 3.05) is 13.1 Å². The minimum absolute atomic E-state index is 0.229. The predicted molar refractivity (Wildman–Crippen MR) is 129 cm³/mol. The molecule has 0 spiro atoms. The van der Waals surface area contributed by atoms with Crippen LogP contribution in [0.1, 0.15) is 39.3 Å². The second-order valence-electron chi connectivity index (χ2n) is 9.32. The Hall–Kier alpha value is -3.26. The van der Waals surface area contributed by atoms with Crippen molar-refractivity contribution in [1.82, 2.24) is 24.8 Å². The van der Waals surface area contributed by atoms with Crippen molar-refractivity contribution in [3.8, 4) is 23.0 Å². The minimum atomic E-state index is -0.479. The highest BCUT2D eigenvalue weighted by atomic mass is 35.5. The summed E-state index contributed by atoms with van der Waals surface area (Å²) in [6.07, 6.45) is 9.20. The van der Waals surface area contributed by atoms with E-state index < -0.39 is 5.60 Å². The van der Waals surface area contributed by atoms with Crippen LogP contribution in [0.2, 0.25) is 5.02 Å². The van der Waals surface area contributed by atoms with Crippen LogP contribution in [0.25, 0.3) is 11.3 Å². The first-order valence-corrected chi connectivity index (χ1v) is 11.7. The molecule has 0 unspecified atom stereocenters. The summed E-state index contributed by atoms with van der Waals surface area (Å²) in [7, 11) is 0. The van der Waals surface area contributed by atoms with E-state index in [9.17, 15) is 4.79 Å². The molecule has 4 rings (SSSR count). The molecule has 0 aliphatic carbocycles. The molecular formula is C25H28ClN5O3. The van der Waals surface area contributed by atoms with Crippen LogP contribution in [0.3, 0.4) is 0 Å². The van der Waals surface area contributed by atoms with Crippen molar-refractivity contribution >= 4 is 17.7 Å². The van der Waals surface area contributed by atoms with Crippen molar-refractivity contribution in [2.45, 2.75) is 45.6 Å². The first kappa shape index (κ1) is 23.9. The van der Waals surface area contributed by atoms with Crippen LogP contribution in [-0.4, -0.2) is 49.6 Å². The lowest BCUT2D eigenvalue weighted by molar-refractivity contribution is 0.0184. The molecule has 0 saturated carbocycles. The van der Waals surface area contributed by atoms with E-state index in [1.807, 2.05) is 20.8 Å². The van der Waals surface area contributed by atoms with Gasteiger partial charge in [0.25, 0.3) is 0 Å². The molecule has 1 amide bonds. The van der Waals surface area contributed by atoms with Gasteiger partial charge in [0, 0.05) is 42.3 Å². The van der Waals surface area contributed by atoms with Crippen molar-refractivity contribution in [3.05, 3.63) is 59.8 Å². The average molecular weight is 482 g/mol. The number of hydrogen-bond acceptors (Lipinski definition) is 7. The van der Waals surface area contributed by atoms with E-state index in [0.717, 1.165) is 30.5 Å². The van der Waals surface area contributed by atoms with Gasteiger partial charge in [-0.15, -0.1) is 0 Å². The van der Waals surface area contributed by atoms with Gasteiger partial charge < -0.3 is 14.4 Å². The summed E-state index contributed by atoms with van der Waals surface area (Å²) in [6.45, 7) is 7.03. The van der Waals surface area contributed by atoms with E-state index in [2.05, 4.69) is 15.0 Å². The molecule has 9 heteroatoms. The third-order valence-electron chi connectivity index (χ3n) is 5.38.